The summed E-state index contributed by atoms with van der Waals surface area (Å²) >= 11 is 0. The van der Waals surface area contributed by atoms with E-state index in [9.17, 15) is 4.79 Å². The Balaban J connectivity index is 1.85. The van der Waals surface area contributed by atoms with E-state index in [0.29, 0.717) is 0 Å². The van der Waals surface area contributed by atoms with Gasteiger partial charge in [-0.25, -0.2) is 0 Å². The van der Waals surface area contributed by atoms with Crippen LogP contribution in [0.1, 0.15) is 67.4 Å². The van der Waals surface area contributed by atoms with Crippen LogP contribution in [0.5, 0.6) is 0 Å². The van der Waals surface area contributed by atoms with Gasteiger partial charge in [-0.1, -0.05) is 38.7 Å². The maximum absolute atomic E-state index is 12.3. The summed E-state index contributed by atoms with van der Waals surface area (Å²) in [5.74, 6) is 0.0614. The van der Waals surface area contributed by atoms with Crippen molar-refractivity contribution in [2.75, 3.05) is 6.54 Å². The van der Waals surface area contributed by atoms with Gasteiger partial charge in [-0.3, -0.25) is 4.79 Å². The fourth-order valence-electron chi connectivity index (χ4n) is 2.88. The van der Waals surface area contributed by atoms with E-state index >= 15 is 0 Å². The second kappa shape index (κ2) is 8.18. The van der Waals surface area contributed by atoms with E-state index in [0.717, 1.165) is 31.5 Å². The third kappa shape index (κ3) is 4.85. The van der Waals surface area contributed by atoms with Crippen LogP contribution in [0.25, 0.3) is 0 Å². The number of unbranched alkanes of at least 4 members (excludes halogenated alkanes) is 3. The van der Waals surface area contributed by atoms with E-state index in [1.54, 1.807) is 0 Å². The highest BCUT2D eigenvalue weighted by Crippen LogP contribution is 2.16. The van der Waals surface area contributed by atoms with Crippen LogP contribution in [0.4, 0.5) is 0 Å². The second-order valence-electron chi connectivity index (χ2n) is 6.13. The monoisotopic (exact) mass is 288 g/mol. The van der Waals surface area contributed by atoms with Crippen molar-refractivity contribution >= 4 is 5.91 Å². The molecule has 1 aliphatic rings. The van der Waals surface area contributed by atoms with Gasteiger partial charge >= 0.3 is 0 Å². The third-order valence-electron chi connectivity index (χ3n) is 4.22. The largest absolute Gasteiger partial charge is 0.350 e. The quantitative estimate of drug-likeness (QED) is 0.755. The molecule has 1 amide bonds. The SMILES string of the molecule is CCCCCCC(C)NC(=O)c1ccc2c(c1)CNCC2. The topological polar surface area (TPSA) is 41.1 Å². The van der Waals surface area contributed by atoms with Crippen molar-refractivity contribution in [2.24, 2.45) is 0 Å². The Labute approximate surface area is 128 Å². The summed E-state index contributed by atoms with van der Waals surface area (Å²) < 4.78 is 0. The molecule has 21 heavy (non-hydrogen) atoms. The summed E-state index contributed by atoms with van der Waals surface area (Å²) in [5.41, 5.74) is 3.43. The summed E-state index contributed by atoms with van der Waals surface area (Å²) in [7, 11) is 0. The number of carbonyl (C=O) groups is 1. The molecule has 1 atom stereocenters. The Morgan fingerprint density at radius 2 is 2.14 bits per heavy atom. The number of amides is 1. The first kappa shape index (κ1) is 16.0. The minimum absolute atomic E-state index is 0.0614. The molecule has 0 bridgehead atoms. The highest BCUT2D eigenvalue weighted by molar-refractivity contribution is 5.94. The van der Waals surface area contributed by atoms with Crippen molar-refractivity contribution in [3.8, 4) is 0 Å². The Hall–Kier alpha value is -1.35. The first-order chi connectivity index (χ1) is 10.2. The van der Waals surface area contributed by atoms with Gasteiger partial charge in [0.1, 0.15) is 0 Å². The predicted molar refractivity (Wildman–Crippen MR) is 87.5 cm³/mol. The third-order valence-corrected chi connectivity index (χ3v) is 4.22. The Kier molecular flexibility index (Phi) is 6.24. The Morgan fingerprint density at radius 3 is 2.95 bits per heavy atom. The smallest absolute Gasteiger partial charge is 0.251 e. The summed E-state index contributed by atoms with van der Waals surface area (Å²) in [5, 5.41) is 6.48. The molecule has 2 N–H and O–H groups in total. The standard InChI is InChI=1S/C18H28N2O/c1-3-4-5-6-7-14(2)20-18(21)16-9-8-15-10-11-19-13-17(15)12-16/h8-9,12,14,19H,3-7,10-11,13H2,1-2H3,(H,20,21). The van der Waals surface area contributed by atoms with Crippen LogP contribution < -0.4 is 10.6 Å². The molecule has 1 aliphatic heterocycles. The molecule has 0 aliphatic carbocycles. The van der Waals surface area contributed by atoms with Gasteiger partial charge in [0, 0.05) is 18.2 Å². The van der Waals surface area contributed by atoms with Gasteiger partial charge in [-0.2, -0.15) is 0 Å². The molecule has 2 rings (SSSR count). The minimum atomic E-state index is 0.0614. The van der Waals surface area contributed by atoms with Crippen LogP contribution in [0, 0.1) is 0 Å². The first-order valence-electron chi connectivity index (χ1n) is 8.34. The Morgan fingerprint density at radius 1 is 1.29 bits per heavy atom. The number of hydrogen-bond donors (Lipinski definition) is 2. The van der Waals surface area contributed by atoms with Gasteiger partial charge in [0.2, 0.25) is 0 Å². The number of benzene rings is 1. The number of rotatable bonds is 7. The van der Waals surface area contributed by atoms with Crippen molar-refractivity contribution in [1.29, 1.82) is 0 Å². The van der Waals surface area contributed by atoms with Crippen LogP contribution in [-0.4, -0.2) is 18.5 Å². The van der Waals surface area contributed by atoms with Crippen molar-refractivity contribution < 1.29 is 4.79 Å². The summed E-state index contributed by atoms with van der Waals surface area (Å²) in [6, 6.07) is 6.37. The van der Waals surface area contributed by atoms with Gasteiger partial charge in [-0.15, -0.1) is 0 Å². The lowest BCUT2D eigenvalue weighted by Gasteiger charge is -2.19. The Bertz CT molecular complexity index is 470. The van der Waals surface area contributed by atoms with Crippen LogP contribution in [0.15, 0.2) is 18.2 Å². The summed E-state index contributed by atoms with van der Waals surface area (Å²) in [4.78, 5) is 12.3. The molecule has 1 aromatic carbocycles. The molecule has 3 heteroatoms. The van der Waals surface area contributed by atoms with Crippen molar-refractivity contribution in [2.45, 2.75) is 65.0 Å². The zero-order chi connectivity index (χ0) is 15.1. The van der Waals surface area contributed by atoms with Crippen molar-refractivity contribution in [1.82, 2.24) is 10.6 Å². The molecule has 3 nitrogen and oxygen atoms in total. The molecule has 0 fully saturated rings. The van der Waals surface area contributed by atoms with E-state index < -0.39 is 0 Å². The molecule has 0 saturated carbocycles. The lowest BCUT2D eigenvalue weighted by molar-refractivity contribution is 0.0937. The van der Waals surface area contributed by atoms with E-state index in [1.807, 2.05) is 12.1 Å². The normalized spacial score (nSPS) is 15.3. The maximum Gasteiger partial charge on any atom is 0.251 e. The van der Waals surface area contributed by atoms with Crippen LogP contribution >= 0.6 is 0 Å². The lowest BCUT2D eigenvalue weighted by Crippen LogP contribution is -2.33. The molecule has 1 aromatic rings. The van der Waals surface area contributed by atoms with Gasteiger partial charge in [0.15, 0.2) is 0 Å². The highest BCUT2D eigenvalue weighted by Gasteiger charge is 2.13. The molecule has 1 unspecified atom stereocenters. The zero-order valence-corrected chi connectivity index (χ0v) is 13.4. The van der Waals surface area contributed by atoms with Crippen LogP contribution in [-0.2, 0) is 13.0 Å². The minimum Gasteiger partial charge on any atom is -0.350 e. The molecular weight excluding hydrogens is 260 g/mol. The van der Waals surface area contributed by atoms with Gasteiger partial charge in [0.25, 0.3) is 5.91 Å². The van der Waals surface area contributed by atoms with Crippen molar-refractivity contribution in [3.63, 3.8) is 0 Å². The molecule has 0 aromatic heterocycles. The van der Waals surface area contributed by atoms with Gasteiger partial charge < -0.3 is 10.6 Å². The molecular formula is C18H28N2O. The van der Waals surface area contributed by atoms with E-state index in [-0.39, 0.29) is 11.9 Å². The fourth-order valence-corrected chi connectivity index (χ4v) is 2.88. The maximum atomic E-state index is 12.3. The number of fused-ring (bicyclic) bond motifs is 1. The van der Waals surface area contributed by atoms with E-state index in [4.69, 9.17) is 0 Å². The summed E-state index contributed by atoms with van der Waals surface area (Å²) in [6.07, 6.45) is 7.14. The molecule has 1 heterocycles. The lowest BCUT2D eigenvalue weighted by atomic mass is 9.98. The first-order valence-corrected chi connectivity index (χ1v) is 8.34. The average Bonchev–Trinajstić information content (AvgIpc) is 2.51. The predicted octanol–water partition coefficient (Wildman–Crippen LogP) is 3.42. The zero-order valence-electron chi connectivity index (χ0n) is 13.4. The van der Waals surface area contributed by atoms with E-state index in [1.165, 1.54) is 36.8 Å². The van der Waals surface area contributed by atoms with Gasteiger partial charge in [-0.05, 0) is 49.6 Å². The van der Waals surface area contributed by atoms with Crippen LogP contribution in [0.3, 0.4) is 0 Å². The van der Waals surface area contributed by atoms with Gasteiger partial charge in [0.05, 0.1) is 0 Å². The average molecular weight is 288 g/mol. The van der Waals surface area contributed by atoms with E-state index in [2.05, 4.69) is 30.5 Å². The second-order valence-corrected chi connectivity index (χ2v) is 6.13. The summed E-state index contributed by atoms with van der Waals surface area (Å²) in [6.45, 7) is 6.23. The molecule has 0 radical (unpaired) electrons. The molecule has 0 spiro atoms. The number of nitrogens with one attached hydrogen (secondary N) is 2. The fraction of sp³-hybridized carbons (Fsp3) is 0.611. The number of hydrogen-bond acceptors (Lipinski definition) is 2. The molecule has 0 saturated heterocycles. The van der Waals surface area contributed by atoms with Crippen molar-refractivity contribution in [3.05, 3.63) is 34.9 Å². The van der Waals surface area contributed by atoms with Crippen LogP contribution in [0.2, 0.25) is 0 Å². The molecule has 116 valence electrons. The number of carbonyl (C=O) groups excluding carboxylic acids is 1. The highest BCUT2D eigenvalue weighted by atomic mass is 16.1.